The quantitative estimate of drug-likeness (QED) is 0.848. The van der Waals surface area contributed by atoms with Crippen molar-refractivity contribution >= 4 is 27.6 Å². The van der Waals surface area contributed by atoms with Gasteiger partial charge in [-0.3, -0.25) is 0 Å². The van der Waals surface area contributed by atoms with E-state index in [2.05, 4.69) is 33.5 Å². The molecule has 0 saturated carbocycles. The molecule has 0 amide bonds. The zero-order valence-corrected chi connectivity index (χ0v) is 10.1. The third-order valence-electron chi connectivity index (χ3n) is 2.26. The molecule has 0 radical (unpaired) electrons. The van der Waals surface area contributed by atoms with E-state index < -0.39 is 0 Å². The summed E-state index contributed by atoms with van der Waals surface area (Å²) in [5.74, 6) is 2.07. The Balaban J connectivity index is 2.77. The average Bonchev–Trinajstić information content (AvgIpc) is 2.59. The Morgan fingerprint density at radius 1 is 1.27 bits per heavy atom. The standard InChI is InChI=1S/C10H14N4S/c1-5(2)8-7-9(11-4)12-6(3)13-10(7)15-14-8/h5H,1-4H3,(H,11,12,13). The van der Waals surface area contributed by atoms with Crippen molar-refractivity contribution in [2.75, 3.05) is 12.4 Å². The summed E-state index contributed by atoms with van der Waals surface area (Å²) in [6.07, 6.45) is 0. The molecule has 2 aromatic rings. The van der Waals surface area contributed by atoms with Crippen LogP contribution in [0.1, 0.15) is 31.3 Å². The lowest BCUT2D eigenvalue weighted by Gasteiger charge is -2.05. The minimum atomic E-state index is 0.400. The number of nitrogens with zero attached hydrogens (tertiary/aromatic N) is 3. The van der Waals surface area contributed by atoms with Gasteiger partial charge in [0.25, 0.3) is 0 Å². The van der Waals surface area contributed by atoms with E-state index in [9.17, 15) is 0 Å². The predicted octanol–water partition coefficient (Wildman–Crippen LogP) is 2.56. The molecule has 0 saturated heterocycles. The van der Waals surface area contributed by atoms with Crippen LogP contribution < -0.4 is 5.32 Å². The van der Waals surface area contributed by atoms with Gasteiger partial charge < -0.3 is 5.32 Å². The Bertz CT molecular complexity index is 489. The van der Waals surface area contributed by atoms with Gasteiger partial charge in [0.1, 0.15) is 16.5 Å². The van der Waals surface area contributed by atoms with Gasteiger partial charge in [0.2, 0.25) is 0 Å². The van der Waals surface area contributed by atoms with Gasteiger partial charge in [0.05, 0.1) is 11.1 Å². The van der Waals surface area contributed by atoms with Gasteiger partial charge in [-0.25, -0.2) is 9.97 Å². The fourth-order valence-electron chi connectivity index (χ4n) is 1.56. The molecule has 80 valence electrons. The lowest BCUT2D eigenvalue weighted by Crippen LogP contribution is -1.99. The van der Waals surface area contributed by atoms with Crippen LogP contribution in [0.4, 0.5) is 5.82 Å². The summed E-state index contributed by atoms with van der Waals surface area (Å²) in [5, 5.41) is 4.18. The summed E-state index contributed by atoms with van der Waals surface area (Å²) in [7, 11) is 1.88. The molecule has 4 nitrogen and oxygen atoms in total. The fourth-order valence-corrected chi connectivity index (χ4v) is 2.51. The first-order valence-corrected chi connectivity index (χ1v) is 5.72. The van der Waals surface area contributed by atoms with Gasteiger partial charge in [-0.2, -0.15) is 4.37 Å². The van der Waals surface area contributed by atoms with E-state index in [4.69, 9.17) is 0 Å². The van der Waals surface area contributed by atoms with Gasteiger partial charge in [-0.1, -0.05) is 13.8 Å². The fraction of sp³-hybridized carbons (Fsp3) is 0.500. The first-order valence-electron chi connectivity index (χ1n) is 4.95. The summed E-state index contributed by atoms with van der Waals surface area (Å²) in [6, 6.07) is 0. The number of anilines is 1. The van der Waals surface area contributed by atoms with Crippen LogP contribution in [0.2, 0.25) is 0 Å². The van der Waals surface area contributed by atoms with Gasteiger partial charge >= 0.3 is 0 Å². The molecular weight excluding hydrogens is 208 g/mol. The third-order valence-corrected chi connectivity index (χ3v) is 3.01. The van der Waals surface area contributed by atoms with Crippen LogP contribution in [0, 0.1) is 6.92 Å². The van der Waals surface area contributed by atoms with Crippen LogP contribution >= 0.6 is 11.5 Å². The molecule has 5 heteroatoms. The smallest absolute Gasteiger partial charge is 0.149 e. The molecule has 0 bridgehead atoms. The molecule has 15 heavy (non-hydrogen) atoms. The van der Waals surface area contributed by atoms with Crippen molar-refractivity contribution in [3.63, 3.8) is 0 Å². The van der Waals surface area contributed by atoms with Crippen LogP contribution in [-0.2, 0) is 0 Å². The molecule has 0 aliphatic carbocycles. The van der Waals surface area contributed by atoms with E-state index in [1.807, 2.05) is 14.0 Å². The molecule has 0 fully saturated rings. The summed E-state index contributed by atoms with van der Waals surface area (Å²) in [6.45, 7) is 6.16. The van der Waals surface area contributed by atoms with Gasteiger partial charge in [0, 0.05) is 7.05 Å². The normalized spacial score (nSPS) is 11.3. The minimum Gasteiger partial charge on any atom is -0.372 e. The molecule has 0 spiro atoms. The molecule has 2 aromatic heterocycles. The highest BCUT2D eigenvalue weighted by Crippen LogP contribution is 2.31. The molecule has 1 N–H and O–H groups in total. The largest absolute Gasteiger partial charge is 0.372 e. The highest BCUT2D eigenvalue weighted by Gasteiger charge is 2.15. The highest BCUT2D eigenvalue weighted by atomic mass is 32.1. The Hall–Kier alpha value is -1.23. The Morgan fingerprint density at radius 2 is 2.00 bits per heavy atom. The number of aromatic nitrogens is 3. The highest BCUT2D eigenvalue weighted by molar-refractivity contribution is 7.13. The monoisotopic (exact) mass is 222 g/mol. The number of aryl methyl sites for hydroxylation is 1. The zero-order chi connectivity index (χ0) is 11.0. The SMILES string of the molecule is CNc1nc(C)nc2snc(C(C)C)c12. The molecule has 0 aliphatic rings. The Labute approximate surface area is 92.9 Å². The average molecular weight is 222 g/mol. The van der Waals surface area contributed by atoms with Gasteiger partial charge in [0.15, 0.2) is 0 Å². The summed E-state index contributed by atoms with van der Waals surface area (Å²) in [4.78, 5) is 9.74. The van der Waals surface area contributed by atoms with Crippen LogP contribution in [0.25, 0.3) is 10.2 Å². The van der Waals surface area contributed by atoms with Crippen molar-refractivity contribution in [3.8, 4) is 0 Å². The Morgan fingerprint density at radius 3 is 2.60 bits per heavy atom. The van der Waals surface area contributed by atoms with Crippen molar-refractivity contribution in [1.29, 1.82) is 0 Å². The molecule has 2 rings (SSSR count). The van der Waals surface area contributed by atoms with E-state index in [1.165, 1.54) is 11.5 Å². The lowest BCUT2D eigenvalue weighted by molar-refractivity contribution is 0.849. The lowest BCUT2D eigenvalue weighted by atomic mass is 10.1. The maximum absolute atomic E-state index is 4.44. The number of hydrogen-bond acceptors (Lipinski definition) is 5. The van der Waals surface area contributed by atoms with Crippen molar-refractivity contribution in [3.05, 3.63) is 11.5 Å². The number of fused-ring (bicyclic) bond motifs is 1. The summed E-state index contributed by atoms with van der Waals surface area (Å²) in [5.41, 5.74) is 1.08. The van der Waals surface area contributed by atoms with Crippen molar-refractivity contribution < 1.29 is 0 Å². The van der Waals surface area contributed by atoms with Crippen LogP contribution in [0.15, 0.2) is 0 Å². The van der Waals surface area contributed by atoms with Crippen molar-refractivity contribution in [2.24, 2.45) is 0 Å². The van der Waals surface area contributed by atoms with Crippen LogP contribution in [0.3, 0.4) is 0 Å². The Kier molecular flexibility index (Phi) is 2.56. The minimum absolute atomic E-state index is 0.400. The molecule has 2 heterocycles. The molecule has 0 atom stereocenters. The summed E-state index contributed by atoms with van der Waals surface area (Å²) < 4.78 is 4.44. The maximum atomic E-state index is 4.44. The first kappa shape index (κ1) is 10.3. The van der Waals surface area contributed by atoms with Gasteiger partial charge in [-0.15, -0.1) is 0 Å². The number of nitrogens with one attached hydrogen (secondary N) is 1. The molecule has 0 aliphatic heterocycles. The van der Waals surface area contributed by atoms with Crippen molar-refractivity contribution in [2.45, 2.75) is 26.7 Å². The number of hydrogen-bond donors (Lipinski definition) is 1. The second-order valence-electron chi connectivity index (χ2n) is 3.77. The number of rotatable bonds is 2. The molecule has 0 aromatic carbocycles. The first-order chi connectivity index (χ1) is 7.13. The predicted molar refractivity (Wildman–Crippen MR) is 63.6 cm³/mol. The summed E-state index contributed by atoms with van der Waals surface area (Å²) >= 11 is 1.44. The van der Waals surface area contributed by atoms with E-state index in [-0.39, 0.29) is 0 Å². The molecular formula is C10H14N4S. The third kappa shape index (κ3) is 1.67. The van der Waals surface area contributed by atoms with E-state index in [0.717, 1.165) is 27.6 Å². The second kappa shape index (κ2) is 3.73. The second-order valence-corrected chi connectivity index (χ2v) is 4.52. The van der Waals surface area contributed by atoms with E-state index >= 15 is 0 Å². The van der Waals surface area contributed by atoms with Crippen LogP contribution in [-0.4, -0.2) is 21.4 Å². The topological polar surface area (TPSA) is 50.7 Å². The van der Waals surface area contributed by atoms with E-state index in [0.29, 0.717) is 5.92 Å². The van der Waals surface area contributed by atoms with Crippen molar-refractivity contribution in [1.82, 2.24) is 14.3 Å². The maximum Gasteiger partial charge on any atom is 0.149 e. The molecule has 0 unspecified atom stereocenters. The van der Waals surface area contributed by atoms with Crippen LogP contribution in [0.5, 0.6) is 0 Å². The van der Waals surface area contributed by atoms with Gasteiger partial charge in [-0.05, 0) is 24.4 Å². The van der Waals surface area contributed by atoms with E-state index in [1.54, 1.807) is 0 Å². The zero-order valence-electron chi connectivity index (χ0n) is 9.33.